The number of aromatic amines is 1. The molecule has 0 amide bonds. The molecule has 1 aromatic heterocycles. The number of para-hydroxylation sites is 2. The van der Waals surface area contributed by atoms with Gasteiger partial charge in [0.2, 0.25) is 0 Å². The number of nitrogens with one attached hydrogen (secondary N) is 2. The molecule has 0 saturated carbocycles. The summed E-state index contributed by atoms with van der Waals surface area (Å²) < 4.78 is 0. The molecule has 0 unspecified atom stereocenters. The summed E-state index contributed by atoms with van der Waals surface area (Å²) in [6.07, 6.45) is 2.13. The SMILES string of the molecule is Cc1ccc(NC(=S)N2CCC(c3nc4ccccc4[nH]3)CC2)cc1. The molecular formula is C20H22N4S. The minimum absolute atomic E-state index is 0.478. The summed E-state index contributed by atoms with van der Waals surface area (Å²) in [5, 5.41) is 4.16. The molecule has 0 bridgehead atoms. The van der Waals surface area contributed by atoms with Gasteiger partial charge < -0.3 is 15.2 Å². The van der Waals surface area contributed by atoms with Gasteiger partial charge in [-0.1, -0.05) is 29.8 Å². The number of hydrogen-bond acceptors (Lipinski definition) is 2. The fourth-order valence-electron chi connectivity index (χ4n) is 3.36. The number of anilines is 1. The van der Waals surface area contributed by atoms with E-state index in [4.69, 9.17) is 17.2 Å². The van der Waals surface area contributed by atoms with Crippen molar-refractivity contribution in [2.24, 2.45) is 0 Å². The molecule has 1 aliphatic heterocycles. The van der Waals surface area contributed by atoms with E-state index in [1.807, 2.05) is 12.1 Å². The van der Waals surface area contributed by atoms with Gasteiger partial charge in [-0.15, -0.1) is 0 Å². The summed E-state index contributed by atoms with van der Waals surface area (Å²) in [6.45, 7) is 4.00. The van der Waals surface area contributed by atoms with Crippen LogP contribution in [-0.4, -0.2) is 33.1 Å². The third kappa shape index (κ3) is 3.51. The Balaban J connectivity index is 1.37. The van der Waals surface area contributed by atoms with E-state index >= 15 is 0 Å². The normalized spacial score (nSPS) is 15.5. The number of fused-ring (bicyclic) bond motifs is 1. The lowest BCUT2D eigenvalue weighted by Crippen LogP contribution is -2.40. The lowest BCUT2D eigenvalue weighted by atomic mass is 9.96. The summed E-state index contributed by atoms with van der Waals surface area (Å²) in [7, 11) is 0. The van der Waals surface area contributed by atoms with E-state index in [2.05, 4.69) is 58.5 Å². The van der Waals surface area contributed by atoms with Crippen molar-refractivity contribution in [3.8, 4) is 0 Å². The number of piperidine rings is 1. The molecule has 1 aliphatic rings. The molecule has 0 aliphatic carbocycles. The van der Waals surface area contributed by atoms with Crippen LogP contribution in [0.2, 0.25) is 0 Å². The van der Waals surface area contributed by atoms with Crippen molar-refractivity contribution in [1.82, 2.24) is 14.9 Å². The molecule has 25 heavy (non-hydrogen) atoms. The minimum Gasteiger partial charge on any atom is -0.349 e. The average molecular weight is 350 g/mol. The molecule has 2 heterocycles. The largest absolute Gasteiger partial charge is 0.349 e. The first-order chi connectivity index (χ1) is 12.2. The highest BCUT2D eigenvalue weighted by Crippen LogP contribution is 2.28. The average Bonchev–Trinajstić information content (AvgIpc) is 3.08. The van der Waals surface area contributed by atoms with Crippen LogP contribution >= 0.6 is 12.2 Å². The number of H-pyrrole nitrogens is 1. The van der Waals surface area contributed by atoms with Gasteiger partial charge in [-0.05, 0) is 56.2 Å². The highest BCUT2D eigenvalue weighted by molar-refractivity contribution is 7.80. The predicted molar refractivity (Wildman–Crippen MR) is 107 cm³/mol. The Morgan fingerprint density at radius 2 is 1.84 bits per heavy atom. The quantitative estimate of drug-likeness (QED) is 0.670. The molecule has 4 nitrogen and oxygen atoms in total. The zero-order chi connectivity index (χ0) is 17.2. The maximum Gasteiger partial charge on any atom is 0.173 e. The second-order valence-corrected chi connectivity index (χ2v) is 7.08. The first-order valence-electron chi connectivity index (χ1n) is 8.76. The Bertz CT molecular complexity index is 843. The Hall–Kier alpha value is -2.40. The van der Waals surface area contributed by atoms with Crippen LogP contribution in [0.1, 0.15) is 30.1 Å². The second-order valence-electron chi connectivity index (χ2n) is 6.70. The monoisotopic (exact) mass is 350 g/mol. The third-order valence-corrected chi connectivity index (χ3v) is 5.24. The van der Waals surface area contributed by atoms with E-state index in [-0.39, 0.29) is 0 Å². The number of hydrogen-bond donors (Lipinski definition) is 2. The van der Waals surface area contributed by atoms with Crippen LogP contribution in [0.5, 0.6) is 0 Å². The fourth-order valence-corrected chi connectivity index (χ4v) is 3.66. The van der Waals surface area contributed by atoms with Gasteiger partial charge in [-0.2, -0.15) is 0 Å². The van der Waals surface area contributed by atoms with Gasteiger partial charge in [-0.25, -0.2) is 4.98 Å². The molecule has 2 aromatic carbocycles. The van der Waals surface area contributed by atoms with Crippen LogP contribution in [0, 0.1) is 6.92 Å². The highest BCUT2D eigenvalue weighted by Gasteiger charge is 2.24. The van der Waals surface area contributed by atoms with Gasteiger partial charge in [0, 0.05) is 24.7 Å². The molecule has 0 radical (unpaired) electrons. The number of imidazole rings is 1. The van der Waals surface area contributed by atoms with Gasteiger partial charge in [-0.3, -0.25) is 0 Å². The van der Waals surface area contributed by atoms with Crippen molar-refractivity contribution in [1.29, 1.82) is 0 Å². The van der Waals surface area contributed by atoms with Gasteiger partial charge in [0.25, 0.3) is 0 Å². The molecule has 0 atom stereocenters. The van der Waals surface area contributed by atoms with Crippen LogP contribution in [0.4, 0.5) is 5.69 Å². The second kappa shape index (κ2) is 6.84. The van der Waals surface area contributed by atoms with E-state index < -0.39 is 0 Å². The molecule has 4 rings (SSSR count). The smallest absolute Gasteiger partial charge is 0.173 e. The van der Waals surface area contributed by atoms with Crippen LogP contribution in [0.15, 0.2) is 48.5 Å². The molecule has 1 saturated heterocycles. The van der Waals surface area contributed by atoms with Crippen molar-refractivity contribution < 1.29 is 0 Å². The maximum absolute atomic E-state index is 5.59. The number of thiocarbonyl (C=S) groups is 1. The van der Waals surface area contributed by atoms with Crippen LogP contribution in [0.25, 0.3) is 11.0 Å². The Morgan fingerprint density at radius 1 is 1.12 bits per heavy atom. The van der Waals surface area contributed by atoms with Gasteiger partial charge in [0.1, 0.15) is 5.82 Å². The van der Waals surface area contributed by atoms with Crippen LogP contribution in [0.3, 0.4) is 0 Å². The highest BCUT2D eigenvalue weighted by atomic mass is 32.1. The number of aryl methyl sites for hydroxylation is 1. The first kappa shape index (κ1) is 16.1. The minimum atomic E-state index is 0.478. The van der Waals surface area contributed by atoms with E-state index in [0.29, 0.717) is 5.92 Å². The number of likely N-dealkylation sites (tertiary alicyclic amines) is 1. The van der Waals surface area contributed by atoms with Crippen molar-refractivity contribution >= 4 is 34.1 Å². The number of benzene rings is 2. The van der Waals surface area contributed by atoms with Crippen LogP contribution in [-0.2, 0) is 0 Å². The van der Waals surface area contributed by atoms with E-state index in [1.165, 1.54) is 5.56 Å². The molecule has 0 spiro atoms. The van der Waals surface area contributed by atoms with Gasteiger partial charge >= 0.3 is 0 Å². The molecule has 128 valence electrons. The molecule has 5 heteroatoms. The van der Waals surface area contributed by atoms with Gasteiger partial charge in [0.05, 0.1) is 11.0 Å². The predicted octanol–water partition coefficient (Wildman–Crippen LogP) is 4.45. The zero-order valence-electron chi connectivity index (χ0n) is 14.3. The topological polar surface area (TPSA) is 44.0 Å². The summed E-state index contributed by atoms with van der Waals surface area (Å²) >= 11 is 5.59. The van der Waals surface area contributed by atoms with E-state index in [1.54, 1.807) is 0 Å². The van der Waals surface area contributed by atoms with E-state index in [9.17, 15) is 0 Å². The summed E-state index contributed by atoms with van der Waals surface area (Å²) in [4.78, 5) is 10.5. The Labute approximate surface area is 153 Å². The zero-order valence-corrected chi connectivity index (χ0v) is 15.1. The number of rotatable bonds is 2. The summed E-state index contributed by atoms with van der Waals surface area (Å²) in [6, 6.07) is 16.6. The van der Waals surface area contributed by atoms with E-state index in [0.717, 1.165) is 53.6 Å². The van der Waals surface area contributed by atoms with Crippen LogP contribution < -0.4 is 5.32 Å². The maximum atomic E-state index is 5.59. The number of aromatic nitrogens is 2. The molecular weight excluding hydrogens is 328 g/mol. The standard InChI is InChI=1S/C20H22N4S/c1-14-6-8-16(9-7-14)21-20(25)24-12-10-15(11-13-24)19-22-17-4-2-3-5-18(17)23-19/h2-9,15H,10-13H2,1H3,(H,21,25)(H,22,23). The fraction of sp³-hybridized carbons (Fsp3) is 0.300. The Morgan fingerprint density at radius 3 is 2.56 bits per heavy atom. The third-order valence-electron chi connectivity index (χ3n) is 4.88. The summed E-state index contributed by atoms with van der Waals surface area (Å²) in [5.41, 5.74) is 4.48. The number of nitrogens with zero attached hydrogens (tertiary/aromatic N) is 2. The van der Waals surface area contributed by atoms with Crippen molar-refractivity contribution in [2.45, 2.75) is 25.7 Å². The lowest BCUT2D eigenvalue weighted by Gasteiger charge is -2.33. The molecule has 2 N–H and O–H groups in total. The first-order valence-corrected chi connectivity index (χ1v) is 9.17. The van der Waals surface area contributed by atoms with Crippen molar-refractivity contribution in [2.75, 3.05) is 18.4 Å². The Kier molecular flexibility index (Phi) is 4.40. The summed E-state index contributed by atoms with van der Waals surface area (Å²) in [5.74, 6) is 1.59. The van der Waals surface area contributed by atoms with Gasteiger partial charge in [0.15, 0.2) is 5.11 Å². The van der Waals surface area contributed by atoms with Crippen molar-refractivity contribution in [3.63, 3.8) is 0 Å². The van der Waals surface area contributed by atoms with Crippen molar-refractivity contribution in [3.05, 3.63) is 59.9 Å². The molecule has 3 aromatic rings. The molecule has 1 fully saturated rings. The lowest BCUT2D eigenvalue weighted by molar-refractivity contribution is 0.311.